The van der Waals surface area contributed by atoms with Crippen LogP contribution in [0.4, 0.5) is 0 Å². The lowest BCUT2D eigenvalue weighted by Crippen LogP contribution is -2.15. The minimum absolute atomic E-state index is 0.947. The Morgan fingerprint density at radius 1 is 0.588 bits per heavy atom. The standard InChI is InChI=1S/C15H32Si2/c1-16(2,3)14-12-10-8-7-9-11-13-15-17(4,5)6/h12-15H,7-11H2,1-6H3. The Balaban J connectivity index is 3.43. The normalized spacial score (nSPS) is 14.0. The van der Waals surface area contributed by atoms with Gasteiger partial charge in [-0.3, -0.25) is 0 Å². The second-order valence-corrected chi connectivity index (χ2v) is 17.3. The summed E-state index contributed by atoms with van der Waals surface area (Å²) in [5.41, 5.74) is 4.94. The molecule has 0 saturated carbocycles. The lowest BCUT2D eigenvalue weighted by atomic mass is 10.1. The molecule has 0 aromatic rings. The average Bonchev–Trinajstić information content (AvgIpc) is 2.11. The topological polar surface area (TPSA) is 0 Å². The molecule has 0 aromatic heterocycles. The molecule has 0 bridgehead atoms. The van der Waals surface area contributed by atoms with Crippen molar-refractivity contribution in [2.75, 3.05) is 0 Å². The highest BCUT2D eigenvalue weighted by atomic mass is 28.3. The van der Waals surface area contributed by atoms with Crippen molar-refractivity contribution >= 4 is 16.1 Å². The Morgan fingerprint density at radius 3 is 1.24 bits per heavy atom. The van der Waals surface area contributed by atoms with Gasteiger partial charge in [-0.2, -0.15) is 0 Å². The average molecular weight is 269 g/mol. The fraction of sp³-hybridized carbons (Fsp3) is 0.733. The van der Waals surface area contributed by atoms with Gasteiger partial charge >= 0.3 is 0 Å². The molecule has 0 aromatic carbocycles. The van der Waals surface area contributed by atoms with Crippen LogP contribution in [0.1, 0.15) is 32.1 Å². The Kier molecular flexibility index (Phi) is 8.05. The van der Waals surface area contributed by atoms with Crippen molar-refractivity contribution in [2.24, 2.45) is 0 Å². The van der Waals surface area contributed by atoms with E-state index in [0.717, 1.165) is 0 Å². The molecule has 0 heterocycles. The van der Waals surface area contributed by atoms with Crippen LogP contribution in [0.5, 0.6) is 0 Å². The predicted octanol–water partition coefficient (Wildman–Crippen LogP) is 5.80. The Labute approximate surface area is 111 Å². The van der Waals surface area contributed by atoms with Crippen molar-refractivity contribution in [1.82, 2.24) is 0 Å². The zero-order valence-electron chi connectivity index (χ0n) is 12.8. The fourth-order valence-corrected chi connectivity index (χ4v) is 3.32. The molecule has 0 rings (SSSR count). The summed E-state index contributed by atoms with van der Waals surface area (Å²) >= 11 is 0. The Hall–Kier alpha value is -0.0862. The van der Waals surface area contributed by atoms with Crippen molar-refractivity contribution in [3.63, 3.8) is 0 Å². The molecular weight excluding hydrogens is 236 g/mol. The van der Waals surface area contributed by atoms with Gasteiger partial charge in [-0.25, -0.2) is 0 Å². The number of hydrogen-bond acceptors (Lipinski definition) is 0. The summed E-state index contributed by atoms with van der Waals surface area (Å²) in [5.74, 6) is 0. The molecule has 0 amide bonds. The van der Waals surface area contributed by atoms with E-state index >= 15 is 0 Å². The van der Waals surface area contributed by atoms with Crippen LogP contribution in [0.15, 0.2) is 23.6 Å². The zero-order chi connectivity index (χ0) is 13.4. The molecule has 0 nitrogen and oxygen atoms in total. The summed E-state index contributed by atoms with van der Waals surface area (Å²) in [4.78, 5) is 0. The molecule has 0 spiro atoms. The first-order chi connectivity index (χ1) is 7.71. The second kappa shape index (κ2) is 8.09. The van der Waals surface area contributed by atoms with E-state index in [1.165, 1.54) is 32.1 Å². The molecule has 0 saturated heterocycles. The molecular formula is C15H32Si2. The molecule has 0 aliphatic carbocycles. The molecule has 0 atom stereocenters. The third kappa shape index (κ3) is 15.9. The van der Waals surface area contributed by atoms with Crippen molar-refractivity contribution in [1.29, 1.82) is 0 Å². The molecule has 17 heavy (non-hydrogen) atoms. The summed E-state index contributed by atoms with van der Waals surface area (Å²) < 4.78 is 0. The second-order valence-electron chi connectivity index (χ2n) is 7.17. The van der Waals surface area contributed by atoms with Crippen molar-refractivity contribution in [2.45, 2.75) is 71.4 Å². The summed E-state index contributed by atoms with van der Waals surface area (Å²) in [7, 11) is -1.89. The number of hydrogen-bond donors (Lipinski definition) is 0. The fourth-order valence-electron chi connectivity index (χ4n) is 1.57. The smallest absolute Gasteiger partial charge is 0.0682 e. The number of rotatable bonds is 8. The quantitative estimate of drug-likeness (QED) is 0.385. The largest absolute Gasteiger partial charge is 0.0989 e. The maximum atomic E-state index is 2.47. The van der Waals surface area contributed by atoms with E-state index in [4.69, 9.17) is 0 Å². The van der Waals surface area contributed by atoms with Gasteiger partial charge in [0.05, 0.1) is 16.1 Å². The highest BCUT2D eigenvalue weighted by Gasteiger charge is 2.06. The van der Waals surface area contributed by atoms with E-state index in [2.05, 4.69) is 62.8 Å². The van der Waals surface area contributed by atoms with Gasteiger partial charge in [0, 0.05) is 0 Å². The van der Waals surface area contributed by atoms with Gasteiger partial charge in [0.2, 0.25) is 0 Å². The van der Waals surface area contributed by atoms with Crippen LogP contribution in [0.3, 0.4) is 0 Å². The van der Waals surface area contributed by atoms with Crippen LogP contribution in [0, 0.1) is 0 Å². The van der Waals surface area contributed by atoms with Gasteiger partial charge in [-0.05, 0) is 25.7 Å². The molecule has 100 valence electrons. The molecule has 0 aliphatic heterocycles. The van der Waals surface area contributed by atoms with Crippen LogP contribution in [-0.4, -0.2) is 16.1 Å². The van der Waals surface area contributed by atoms with Gasteiger partial charge in [0.1, 0.15) is 0 Å². The van der Waals surface area contributed by atoms with Gasteiger partial charge < -0.3 is 0 Å². The summed E-state index contributed by atoms with van der Waals surface area (Å²) in [6.07, 6.45) is 11.5. The van der Waals surface area contributed by atoms with E-state index in [1.807, 2.05) is 0 Å². The molecule has 0 unspecified atom stereocenters. The minimum atomic E-state index is -0.947. The Bertz CT molecular complexity index is 213. The van der Waals surface area contributed by atoms with Gasteiger partial charge in [0.15, 0.2) is 0 Å². The SMILES string of the molecule is C[Si](C)(C)C=CCCCCCC=C[Si](C)(C)C. The molecule has 2 heteroatoms. The maximum absolute atomic E-state index is 2.47. The predicted molar refractivity (Wildman–Crippen MR) is 88.1 cm³/mol. The zero-order valence-corrected chi connectivity index (χ0v) is 14.8. The van der Waals surface area contributed by atoms with Crippen LogP contribution < -0.4 is 0 Å². The van der Waals surface area contributed by atoms with E-state index in [0.29, 0.717) is 0 Å². The maximum Gasteiger partial charge on any atom is 0.0682 e. The lowest BCUT2D eigenvalue weighted by molar-refractivity contribution is 0.696. The molecule has 0 aliphatic rings. The number of unbranched alkanes of at least 4 members (excludes halogenated alkanes) is 4. The van der Waals surface area contributed by atoms with Gasteiger partial charge in [0.25, 0.3) is 0 Å². The van der Waals surface area contributed by atoms with Crippen molar-refractivity contribution in [3.05, 3.63) is 23.6 Å². The summed E-state index contributed by atoms with van der Waals surface area (Å²) in [6.45, 7) is 14.4. The van der Waals surface area contributed by atoms with Crippen LogP contribution in [0.25, 0.3) is 0 Å². The third-order valence-corrected chi connectivity index (χ3v) is 4.95. The van der Waals surface area contributed by atoms with Crippen LogP contribution >= 0.6 is 0 Å². The lowest BCUT2D eigenvalue weighted by Gasteiger charge is -2.08. The number of allylic oxidation sites excluding steroid dienone is 2. The first-order valence-corrected chi connectivity index (χ1v) is 14.2. The molecule has 0 N–H and O–H groups in total. The highest BCUT2D eigenvalue weighted by molar-refractivity contribution is 6.81. The van der Waals surface area contributed by atoms with Gasteiger partial charge in [-0.1, -0.05) is 69.3 Å². The summed E-state index contributed by atoms with van der Waals surface area (Å²) in [6, 6.07) is 0. The van der Waals surface area contributed by atoms with Crippen LogP contribution in [-0.2, 0) is 0 Å². The highest BCUT2D eigenvalue weighted by Crippen LogP contribution is 2.09. The first-order valence-electron chi connectivity index (χ1n) is 7.06. The van der Waals surface area contributed by atoms with Gasteiger partial charge in [-0.15, -0.1) is 0 Å². The third-order valence-electron chi connectivity index (χ3n) is 2.48. The molecule has 0 fully saturated rings. The van der Waals surface area contributed by atoms with Crippen LogP contribution in [0.2, 0.25) is 39.3 Å². The van der Waals surface area contributed by atoms with E-state index in [9.17, 15) is 0 Å². The van der Waals surface area contributed by atoms with E-state index in [1.54, 1.807) is 0 Å². The van der Waals surface area contributed by atoms with E-state index in [-0.39, 0.29) is 0 Å². The van der Waals surface area contributed by atoms with Crippen molar-refractivity contribution < 1.29 is 0 Å². The first kappa shape index (κ1) is 16.9. The van der Waals surface area contributed by atoms with E-state index < -0.39 is 16.1 Å². The van der Waals surface area contributed by atoms with Crippen molar-refractivity contribution in [3.8, 4) is 0 Å². The minimum Gasteiger partial charge on any atom is -0.0989 e. The summed E-state index contributed by atoms with van der Waals surface area (Å²) in [5, 5.41) is 0. The monoisotopic (exact) mass is 268 g/mol. The molecule has 0 radical (unpaired) electrons. The Morgan fingerprint density at radius 2 is 0.941 bits per heavy atom.